The summed E-state index contributed by atoms with van der Waals surface area (Å²) in [6.45, 7) is 2.99. The highest BCUT2D eigenvalue weighted by atomic mass is 32.2. The highest BCUT2D eigenvalue weighted by Gasteiger charge is 2.26. The molecule has 1 unspecified atom stereocenters. The van der Waals surface area contributed by atoms with Crippen LogP contribution < -0.4 is 10.5 Å². The van der Waals surface area contributed by atoms with E-state index in [0.717, 1.165) is 12.0 Å². The minimum atomic E-state index is -3.42. The molecule has 1 atom stereocenters. The van der Waals surface area contributed by atoms with Crippen molar-refractivity contribution in [2.45, 2.75) is 25.9 Å². The summed E-state index contributed by atoms with van der Waals surface area (Å²) in [5, 5.41) is 0. The number of nitrogens with one attached hydrogen (secondary N) is 1. The smallest absolute Gasteiger partial charge is 0.279 e. The van der Waals surface area contributed by atoms with Crippen molar-refractivity contribution in [3.05, 3.63) is 35.4 Å². The second kappa shape index (κ2) is 5.36. The van der Waals surface area contributed by atoms with Crippen molar-refractivity contribution >= 4 is 10.2 Å². The van der Waals surface area contributed by atoms with E-state index in [-0.39, 0.29) is 12.6 Å². The Hall–Kier alpha value is -0.950. The molecule has 1 aromatic rings. The molecule has 6 heteroatoms. The van der Waals surface area contributed by atoms with Crippen molar-refractivity contribution in [2.75, 3.05) is 13.1 Å². The molecule has 0 radical (unpaired) electrons. The molecule has 1 heterocycles. The first kappa shape index (κ1) is 13.5. The normalized spacial score (nSPS) is 18.3. The quantitative estimate of drug-likeness (QED) is 0.821. The Morgan fingerprint density at radius 2 is 2.06 bits per heavy atom. The second-order valence-electron chi connectivity index (χ2n) is 4.68. The van der Waals surface area contributed by atoms with Gasteiger partial charge >= 0.3 is 0 Å². The maximum Gasteiger partial charge on any atom is 0.279 e. The van der Waals surface area contributed by atoms with Gasteiger partial charge in [-0.1, -0.05) is 24.3 Å². The van der Waals surface area contributed by atoms with E-state index in [0.29, 0.717) is 13.1 Å². The zero-order chi connectivity index (χ0) is 13.2. The van der Waals surface area contributed by atoms with Gasteiger partial charge in [0.25, 0.3) is 10.2 Å². The average molecular weight is 269 g/mol. The molecular weight excluding hydrogens is 250 g/mol. The van der Waals surface area contributed by atoms with E-state index in [1.807, 2.05) is 18.2 Å². The van der Waals surface area contributed by atoms with Gasteiger partial charge in [0, 0.05) is 25.7 Å². The van der Waals surface area contributed by atoms with Crippen molar-refractivity contribution in [2.24, 2.45) is 5.73 Å². The van der Waals surface area contributed by atoms with Crippen LogP contribution in [0.4, 0.5) is 0 Å². The van der Waals surface area contributed by atoms with Crippen molar-refractivity contribution in [3.8, 4) is 0 Å². The maximum absolute atomic E-state index is 12.1. The molecule has 3 N–H and O–H groups in total. The minimum absolute atomic E-state index is 0.183. The van der Waals surface area contributed by atoms with Gasteiger partial charge in [-0.3, -0.25) is 0 Å². The molecule has 18 heavy (non-hydrogen) atoms. The summed E-state index contributed by atoms with van der Waals surface area (Å²) >= 11 is 0. The predicted octanol–water partition coefficient (Wildman–Crippen LogP) is 0.226. The SMILES string of the molecule is CC(N)CNS(=O)(=O)N1CCc2ccccc2C1. The van der Waals surface area contributed by atoms with E-state index in [4.69, 9.17) is 5.73 Å². The molecule has 0 aromatic heterocycles. The molecule has 100 valence electrons. The third-order valence-electron chi connectivity index (χ3n) is 3.02. The first-order valence-corrected chi connectivity index (χ1v) is 7.50. The van der Waals surface area contributed by atoms with E-state index in [1.165, 1.54) is 9.87 Å². The van der Waals surface area contributed by atoms with Crippen LogP contribution in [0, 0.1) is 0 Å². The third kappa shape index (κ3) is 3.08. The summed E-state index contributed by atoms with van der Waals surface area (Å²) in [6, 6.07) is 7.76. The lowest BCUT2D eigenvalue weighted by Gasteiger charge is -2.28. The van der Waals surface area contributed by atoms with Crippen molar-refractivity contribution in [1.29, 1.82) is 0 Å². The largest absolute Gasteiger partial charge is 0.327 e. The number of nitrogens with zero attached hydrogens (tertiary/aromatic N) is 1. The third-order valence-corrected chi connectivity index (χ3v) is 4.55. The van der Waals surface area contributed by atoms with Crippen LogP contribution in [0.3, 0.4) is 0 Å². The van der Waals surface area contributed by atoms with Crippen LogP contribution in [-0.2, 0) is 23.2 Å². The molecule has 0 amide bonds. The Balaban J connectivity index is 2.08. The molecule has 2 rings (SSSR count). The van der Waals surface area contributed by atoms with Gasteiger partial charge < -0.3 is 5.73 Å². The number of benzene rings is 1. The van der Waals surface area contributed by atoms with Crippen LogP contribution in [0.5, 0.6) is 0 Å². The van der Waals surface area contributed by atoms with Crippen LogP contribution in [0.25, 0.3) is 0 Å². The van der Waals surface area contributed by atoms with Gasteiger partial charge in [-0.2, -0.15) is 12.7 Å². The number of fused-ring (bicyclic) bond motifs is 1. The lowest BCUT2D eigenvalue weighted by Crippen LogP contribution is -2.46. The van der Waals surface area contributed by atoms with Gasteiger partial charge in [0.05, 0.1) is 0 Å². The molecule has 1 aliphatic rings. The van der Waals surface area contributed by atoms with Gasteiger partial charge in [-0.15, -0.1) is 0 Å². The highest BCUT2D eigenvalue weighted by molar-refractivity contribution is 7.87. The van der Waals surface area contributed by atoms with E-state index >= 15 is 0 Å². The van der Waals surface area contributed by atoms with E-state index in [1.54, 1.807) is 6.92 Å². The summed E-state index contributed by atoms with van der Waals surface area (Å²) in [5.74, 6) is 0. The fourth-order valence-electron chi connectivity index (χ4n) is 2.00. The average Bonchev–Trinajstić information content (AvgIpc) is 2.36. The van der Waals surface area contributed by atoms with Gasteiger partial charge in [0.2, 0.25) is 0 Å². The Labute approximate surface area is 108 Å². The highest BCUT2D eigenvalue weighted by Crippen LogP contribution is 2.20. The monoisotopic (exact) mass is 269 g/mol. The predicted molar refractivity (Wildman–Crippen MR) is 71.1 cm³/mol. The van der Waals surface area contributed by atoms with Crippen LogP contribution in [0.2, 0.25) is 0 Å². The van der Waals surface area contributed by atoms with E-state index in [9.17, 15) is 8.42 Å². The molecule has 0 saturated heterocycles. The van der Waals surface area contributed by atoms with E-state index < -0.39 is 10.2 Å². The number of nitrogens with two attached hydrogens (primary N) is 1. The summed E-state index contributed by atoms with van der Waals surface area (Å²) in [5.41, 5.74) is 7.87. The lowest BCUT2D eigenvalue weighted by molar-refractivity contribution is 0.383. The first-order valence-electron chi connectivity index (χ1n) is 6.06. The molecule has 1 aliphatic heterocycles. The van der Waals surface area contributed by atoms with Crippen molar-refractivity contribution in [3.63, 3.8) is 0 Å². The fourth-order valence-corrected chi connectivity index (χ4v) is 3.30. The zero-order valence-electron chi connectivity index (χ0n) is 10.5. The Morgan fingerprint density at radius 1 is 1.39 bits per heavy atom. The van der Waals surface area contributed by atoms with Crippen molar-refractivity contribution < 1.29 is 8.42 Å². The lowest BCUT2D eigenvalue weighted by atomic mass is 10.0. The number of rotatable bonds is 4. The topological polar surface area (TPSA) is 75.4 Å². The molecule has 0 bridgehead atoms. The Morgan fingerprint density at radius 3 is 2.72 bits per heavy atom. The molecule has 0 spiro atoms. The van der Waals surface area contributed by atoms with Crippen molar-refractivity contribution in [1.82, 2.24) is 9.03 Å². The van der Waals surface area contributed by atoms with Gasteiger partial charge in [-0.25, -0.2) is 4.72 Å². The molecule has 0 fully saturated rings. The standard InChI is InChI=1S/C12H19N3O2S/c1-10(13)8-14-18(16,17)15-7-6-11-4-2-3-5-12(11)9-15/h2-5,10,14H,6-9,13H2,1H3. The van der Waals surface area contributed by atoms with Crippen LogP contribution in [0.15, 0.2) is 24.3 Å². The first-order chi connectivity index (χ1) is 8.49. The van der Waals surface area contributed by atoms with Gasteiger partial charge in [0.15, 0.2) is 0 Å². The van der Waals surface area contributed by atoms with Crippen LogP contribution >= 0.6 is 0 Å². The van der Waals surface area contributed by atoms with E-state index in [2.05, 4.69) is 10.8 Å². The molecule has 0 aliphatic carbocycles. The summed E-state index contributed by atoms with van der Waals surface area (Å²) in [7, 11) is -3.42. The number of hydrogen-bond donors (Lipinski definition) is 2. The molecule has 5 nitrogen and oxygen atoms in total. The summed E-state index contributed by atoms with van der Waals surface area (Å²) in [4.78, 5) is 0. The fraction of sp³-hybridized carbons (Fsp3) is 0.500. The molecule has 0 saturated carbocycles. The minimum Gasteiger partial charge on any atom is -0.327 e. The second-order valence-corrected chi connectivity index (χ2v) is 6.44. The Bertz CT molecular complexity index is 514. The van der Waals surface area contributed by atoms with Crippen LogP contribution in [-0.4, -0.2) is 31.9 Å². The summed E-state index contributed by atoms with van der Waals surface area (Å²) < 4.78 is 28.1. The molecule has 1 aromatic carbocycles. The molecular formula is C12H19N3O2S. The zero-order valence-corrected chi connectivity index (χ0v) is 11.3. The number of hydrogen-bond acceptors (Lipinski definition) is 3. The summed E-state index contributed by atoms with van der Waals surface area (Å²) in [6.07, 6.45) is 0.759. The van der Waals surface area contributed by atoms with Gasteiger partial charge in [0.1, 0.15) is 0 Å². The maximum atomic E-state index is 12.1. The van der Waals surface area contributed by atoms with Crippen LogP contribution in [0.1, 0.15) is 18.1 Å². The van der Waals surface area contributed by atoms with Gasteiger partial charge in [-0.05, 0) is 24.5 Å². The Kier molecular flexibility index (Phi) is 4.01.